The van der Waals surface area contributed by atoms with Crippen molar-refractivity contribution < 1.29 is 72.0 Å². The second kappa shape index (κ2) is 55.7. The van der Waals surface area contributed by atoms with E-state index in [0.717, 1.165) is 52.9 Å². The predicted octanol–water partition coefficient (Wildman–Crippen LogP) is 9.59. The summed E-state index contributed by atoms with van der Waals surface area (Å²) in [5.41, 5.74) is 8.30. The van der Waals surface area contributed by atoms with Gasteiger partial charge in [0.25, 0.3) is 0 Å². The Labute approximate surface area is 616 Å². The predicted molar refractivity (Wildman–Crippen MR) is 402 cm³/mol. The molecular weight excluding hydrogens is 1350 g/mol. The molecule has 10 amide bonds. The van der Waals surface area contributed by atoms with Crippen LogP contribution in [-0.2, 0) is 70.8 Å². The molecule has 0 unspecified atom stereocenters. The monoisotopic (exact) mass is 1460 g/mol. The molecule has 5 aromatic rings. The van der Waals surface area contributed by atoms with Gasteiger partial charge in [0, 0.05) is 32.7 Å². The lowest BCUT2D eigenvalue weighted by Crippen LogP contribution is -2.56. The van der Waals surface area contributed by atoms with Crippen molar-refractivity contribution in [2.75, 3.05) is 65.6 Å². The Morgan fingerprint density at radius 3 is 1.13 bits per heavy atom. The number of hydrogen-bond donors (Lipinski definition) is 9. The number of rotatable bonds is 29. The van der Waals surface area contributed by atoms with Gasteiger partial charge in [0.15, 0.2) is 0 Å². The Bertz CT molecular complexity index is 3430. The number of carboxylic acids is 1. The molecule has 0 heterocycles. The zero-order valence-electron chi connectivity index (χ0n) is 61.4. The number of ether oxygens (including phenoxy) is 4. The molecule has 0 atom stereocenters. The number of urea groups is 4. The van der Waals surface area contributed by atoms with E-state index in [0.29, 0.717) is 39.3 Å². The Kier molecular flexibility index (Phi) is 49.4. The number of carbonyl (C=O) groups excluding carboxylic acids is 9. The molecule has 30 heteroatoms. The van der Waals surface area contributed by atoms with Crippen LogP contribution in [0.3, 0.4) is 0 Å². The molecule has 0 aromatic heterocycles. The molecule has 0 aliphatic rings. The number of benzene rings is 5. The molecule has 11 N–H and O–H groups in total. The maximum atomic E-state index is 12.7. The van der Waals surface area contributed by atoms with Crippen LogP contribution in [0.1, 0.15) is 83.2 Å². The van der Waals surface area contributed by atoms with E-state index >= 15 is 0 Å². The Morgan fingerprint density at radius 2 is 0.819 bits per heavy atom. The van der Waals surface area contributed by atoms with Crippen molar-refractivity contribution in [3.05, 3.63) is 243 Å². The summed E-state index contributed by atoms with van der Waals surface area (Å²) in [5.74, 6) is 7.91. The number of amides is 10. The first-order valence-electron chi connectivity index (χ1n) is 33.0. The average Bonchev–Trinajstić information content (AvgIpc) is 0.847. The third-order valence-electron chi connectivity index (χ3n) is 12.2. The number of nitrogens with one attached hydrogen (secondary N) is 6. The van der Waals surface area contributed by atoms with Gasteiger partial charge in [-0.25, -0.2) is 69.9 Å². The van der Waals surface area contributed by atoms with Gasteiger partial charge in [-0.1, -0.05) is 182 Å². The van der Waals surface area contributed by atoms with Gasteiger partial charge in [-0.05, 0) is 83.2 Å². The van der Waals surface area contributed by atoms with Gasteiger partial charge in [0.2, 0.25) is 6.08 Å². The molecule has 105 heavy (non-hydrogen) atoms. The van der Waals surface area contributed by atoms with Crippen molar-refractivity contribution in [1.29, 1.82) is 0 Å². The van der Waals surface area contributed by atoms with Crippen LogP contribution < -0.4 is 43.8 Å². The first kappa shape index (κ1) is 93.0. The number of nitrogens with zero attached hydrogens (tertiary/aromatic N) is 7. The van der Waals surface area contributed by atoms with Crippen molar-refractivity contribution in [2.45, 2.75) is 99.3 Å². The first-order valence-corrected chi connectivity index (χ1v) is 33.0. The molecule has 0 radical (unpaired) electrons. The summed E-state index contributed by atoms with van der Waals surface area (Å²) in [6.07, 6.45) is 7.40. The number of isocyanates is 1. The molecule has 30 nitrogen and oxygen atoms in total. The van der Waals surface area contributed by atoms with E-state index < -0.39 is 66.4 Å². The second-order valence-corrected chi connectivity index (χ2v) is 23.2. The highest BCUT2D eigenvalue weighted by Gasteiger charge is 2.33. The SMILES string of the molecule is C=CCN(C(=O)NCc1ccccc1)N(CC(=O)O)C(=O)OC(C)(C)C.C=CCN(C(=O)NCc1ccccc1)N(CC(=O)OCC)C(=O)OC(C)(C)C.C=CCN(N)C(=O)NCc1ccccc1.C=CCN(NCC(=O)OCC)C(=O)NCc1ccccc1.C=CCNN.O=C=NCc1ccccc1. The zero-order chi connectivity index (χ0) is 78.9. The summed E-state index contributed by atoms with van der Waals surface area (Å²) in [4.78, 5) is 121. The highest BCUT2D eigenvalue weighted by molar-refractivity contribution is 5.83. The molecule has 0 fully saturated rings. The van der Waals surface area contributed by atoms with Crippen molar-refractivity contribution in [3.8, 4) is 0 Å². The quantitative estimate of drug-likeness (QED) is 0.00314. The molecule has 570 valence electrons. The van der Waals surface area contributed by atoms with Crippen LogP contribution in [0.15, 0.2) is 220 Å². The lowest BCUT2D eigenvalue weighted by Gasteiger charge is -2.34. The topological polar surface area (TPSA) is 384 Å². The standard InChI is InChI=1S/C20H29N3O5.C18H25N3O5.C15H21N3O3.C11H15N3O.C8H7NO.C3H8N2/c1-6-13-22(18(25)21-14-16-11-9-8-10-12-16)23(15-17(24)27-7-2)19(26)28-20(3,4)5;1-5-11-20(16(24)19-12-14-9-7-6-8-10-14)21(13-15(22)23)17(25)26-18(2,3)4;1-3-10-18(17-12-14(19)21-4-2)15(20)16-11-13-8-6-5-7-9-13;1-2-8-14(12)11(15)13-9-10-6-4-3-5-7-10;10-7-9-6-8-4-2-1-3-5-8;1-2-3-5-4/h6,8-12H,1,7,13-15H2,2-5H3,(H,21,25);5-10H,1,11-13H2,2-4H3,(H,19,24)(H,22,23);3,5-9,17H,1,4,10-12H2,2H3,(H,16,20);2-7H,1,8-9,12H2,(H,13,15);1-5H,6H2;2,5H,1,3-4H2. The number of nitrogens with two attached hydrogens (primary N) is 2. The van der Waals surface area contributed by atoms with Gasteiger partial charge >= 0.3 is 54.2 Å². The minimum atomic E-state index is -1.28. The first-order chi connectivity index (χ1) is 50.1. The zero-order valence-corrected chi connectivity index (χ0v) is 61.4. The Morgan fingerprint density at radius 1 is 0.476 bits per heavy atom. The van der Waals surface area contributed by atoms with Crippen LogP contribution in [0.2, 0.25) is 0 Å². The van der Waals surface area contributed by atoms with Crippen LogP contribution >= 0.6 is 0 Å². The molecule has 0 saturated carbocycles. The summed E-state index contributed by atoms with van der Waals surface area (Å²) in [6.45, 7) is 33.3. The lowest BCUT2D eigenvalue weighted by atomic mass is 10.2. The fraction of sp³-hybridized carbons (Fsp3) is 0.333. The molecule has 5 aromatic carbocycles. The van der Waals surface area contributed by atoms with Gasteiger partial charge in [-0.2, -0.15) is 0 Å². The van der Waals surface area contributed by atoms with E-state index in [-0.39, 0.29) is 57.9 Å². The van der Waals surface area contributed by atoms with Crippen LogP contribution in [0.4, 0.5) is 28.8 Å². The maximum Gasteiger partial charge on any atom is 0.430 e. The molecule has 0 aliphatic carbocycles. The molecular formula is C75H105N15O15. The maximum absolute atomic E-state index is 12.7. The fourth-order valence-electron chi connectivity index (χ4n) is 7.62. The van der Waals surface area contributed by atoms with Gasteiger partial charge in [-0.15, -0.1) is 32.9 Å². The van der Waals surface area contributed by atoms with E-state index in [1.54, 1.807) is 73.6 Å². The highest BCUT2D eigenvalue weighted by atomic mass is 16.6. The van der Waals surface area contributed by atoms with Crippen molar-refractivity contribution in [1.82, 2.24) is 62.2 Å². The minimum Gasteiger partial charge on any atom is -0.480 e. The van der Waals surface area contributed by atoms with Crippen LogP contribution in [0.25, 0.3) is 0 Å². The minimum absolute atomic E-state index is 0.000723. The van der Waals surface area contributed by atoms with E-state index in [1.807, 2.05) is 152 Å². The largest absolute Gasteiger partial charge is 0.480 e. The smallest absolute Gasteiger partial charge is 0.430 e. The van der Waals surface area contributed by atoms with Gasteiger partial charge in [-0.3, -0.25) is 35.7 Å². The van der Waals surface area contributed by atoms with E-state index in [1.165, 1.54) is 23.2 Å². The normalized spacial score (nSPS) is 9.89. The summed E-state index contributed by atoms with van der Waals surface area (Å²) >= 11 is 0. The molecule has 0 aliphatic heterocycles. The van der Waals surface area contributed by atoms with Crippen LogP contribution in [0, 0.1) is 0 Å². The van der Waals surface area contributed by atoms with Gasteiger partial charge in [0.05, 0.1) is 45.9 Å². The number of hydrogen-bond acceptors (Lipinski definition) is 19. The molecule has 0 saturated heterocycles. The van der Waals surface area contributed by atoms with E-state index in [9.17, 15) is 47.9 Å². The van der Waals surface area contributed by atoms with Gasteiger partial charge in [0.1, 0.15) is 30.8 Å². The lowest BCUT2D eigenvalue weighted by molar-refractivity contribution is -0.147. The van der Waals surface area contributed by atoms with Crippen molar-refractivity contribution >= 4 is 60.3 Å². The third-order valence-corrected chi connectivity index (χ3v) is 12.2. The van der Waals surface area contributed by atoms with Crippen LogP contribution in [-0.4, -0.2) is 172 Å². The number of carbonyl (C=O) groups is 9. The number of esters is 2. The summed E-state index contributed by atoms with van der Waals surface area (Å²) in [6, 6.07) is 45.5. The Hall–Kier alpha value is -12.0. The highest BCUT2D eigenvalue weighted by Crippen LogP contribution is 2.15. The Balaban J connectivity index is 0.00000130. The number of aliphatic imine (C=N–C) groups is 1. The van der Waals surface area contributed by atoms with Crippen molar-refractivity contribution in [2.24, 2.45) is 16.7 Å². The van der Waals surface area contributed by atoms with E-state index in [4.69, 9.17) is 35.7 Å². The molecule has 5 rings (SSSR count). The molecule has 0 spiro atoms. The molecule has 0 bridgehead atoms. The third kappa shape index (κ3) is 46.2. The number of aliphatic carboxylic acids is 1. The summed E-state index contributed by atoms with van der Waals surface area (Å²) < 4.78 is 20.3. The summed E-state index contributed by atoms with van der Waals surface area (Å²) in [7, 11) is 0. The second-order valence-electron chi connectivity index (χ2n) is 23.2. The average molecular weight is 1460 g/mol. The number of hydrazine groups is 5. The van der Waals surface area contributed by atoms with Crippen molar-refractivity contribution in [3.63, 3.8) is 0 Å². The number of carboxylic acid groups (broad SMARTS) is 1. The van der Waals surface area contributed by atoms with Crippen LogP contribution in [0.5, 0.6) is 0 Å². The van der Waals surface area contributed by atoms with Gasteiger partial charge < -0.3 is 45.3 Å². The summed E-state index contributed by atoms with van der Waals surface area (Å²) in [5, 5.41) is 26.0. The fourth-order valence-corrected chi connectivity index (χ4v) is 7.62. The van der Waals surface area contributed by atoms with E-state index in [2.05, 4.69) is 70.0 Å².